The zero-order valence-corrected chi connectivity index (χ0v) is 22.8. The van der Waals surface area contributed by atoms with Gasteiger partial charge in [-0.25, -0.2) is 4.98 Å². The summed E-state index contributed by atoms with van der Waals surface area (Å²) in [6, 6.07) is 7.86. The molecule has 4 rings (SSSR count). The number of nitrogens with one attached hydrogen (secondary N) is 1. The average molecular weight is 509 g/mol. The summed E-state index contributed by atoms with van der Waals surface area (Å²) >= 11 is 0. The number of nitrogens with zero attached hydrogens (tertiary/aromatic N) is 3. The van der Waals surface area contributed by atoms with Crippen LogP contribution >= 0.6 is 0 Å². The third-order valence-corrected chi connectivity index (χ3v) is 6.93. The van der Waals surface area contributed by atoms with Gasteiger partial charge in [-0.1, -0.05) is 26.8 Å². The lowest BCUT2D eigenvalue weighted by Crippen LogP contribution is -2.37. The van der Waals surface area contributed by atoms with Crippen molar-refractivity contribution in [3.63, 3.8) is 0 Å². The molecule has 1 unspecified atom stereocenters. The molecule has 0 radical (unpaired) electrons. The quantitative estimate of drug-likeness (QED) is 0.413. The maximum Gasteiger partial charge on any atom is 0.323 e. The number of ether oxygens (including phenoxy) is 2. The van der Waals surface area contributed by atoms with E-state index in [0.717, 1.165) is 60.6 Å². The van der Waals surface area contributed by atoms with Crippen LogP contribution in [-0.2, 0) is 34.4 Å². The Labute approximate surface area is 219 Å². The number of imidazole rings is 1. The van der Waals surface area contributed by atoms with Crippen molar-refractivity contribution in [1.29, 1.82) is 0 Å². The fraction of sp³-hybridized carbons (Fsp3) is 0.552. The van der Waals surface area contributed by atoms with Gasteiger partial charge < -0.3 is 23.9 Å². The van der Waals surface area contributed by atoms with E-state index in [1.54, 1.807) is 11.6 Å². The molecule has 37 heavy (non-hydrogen) atoms. The van der Waals surface area contributed by atoms with Gasteiger partial charge in [-0.05, 0) is 55.9 Å². The molecule has 2 atom stereocenters. The molecule has 0 bridgehead atoms. The van der Waals surface area contributed by atoms with E-state index in [-0.39, 0.29) is 17.6 Å². The molecule has 1 saturated heterocycles. The summed E-state index contributed by atoms with van der Waals surface area (Å²) in [6.45, 7) is 11.2. The largest absolute Gasteiger partial charge is 0.464 e. The summed E-state index contributed by atoms with van der Waals surface area (Å²) in [5, 5.41) is 3.35. The third kappa shape index (κ3) is 6.48. The summed E-state index contributed by atoms with van der Waals surface area (Å²) in [7, 11) is 1.78. The summed E-state index contributed by atoms with van der Waals surface area (Å²) in [6.07, 6.45) is 4.72. The molecule has 0 amide bonds. The van der Waals surface area contributed by atoms with Gasteiger partial charge >= 0.3 is 5.97 Å². The smallest absolute Gasteiger partial charge is 0.323 e. The molecule has 0 saturated carbocycles. The summed E-state index contributed by atoms with van der Waals surface area (Å²) in [4.78, 5) is 29.8. The molecule has 200 valence electrons. The number of aromatic nitrogens is 3. The Bertz CT molecular complexity index is 1260. The normalized spacial score (nSPS) is 16.9. The Kier molecular flexibility index (Phi) is 8.82. The van der Waals surface area contributed by atoms with Gasteiger partial charge in [0.2, 0.25) is 0 Å². The third-order valence-electron chi connectivity index (χ3n) is 6.93. The highest BCUT2D eigenvalue weighted by Gasteiger charge is 2.21. The molecule has 0 aliphatic carbocycles. The van der Waals surface area contributed by atoms with Crippen LogP contribution in [0.2, 0.25) is 0 Å². The summed E-state index contributed by atoms with van der Waals surface area (Å²) in [5.41, 5.74) is 4.62. The Morgan fingerprint density at radius 1 is 1.30 bits per heavy atom. The van der Waals surface area contributed by atoms with Gasteiger partial charge in [0.15, 0.2) is 0 Å². The predicted octanol–water partition coefficient (Wildman–Crippen LogP) is 4.20. The van der Waals surface area contributed by atoms with Crippen molar-refractivity contribution in [2.75, 3.05) is 19.8 Å². The van der Waals surface area contributed by atoms with Crippen LogP contribution in [0.5, 0.6) is 0 Å². The highest BCUT2D eigenvalue weighted by molar-refractivity contribution is 5.81. The molecular formula is C29H40N4O4. The van der Waals surface area contributed by atoms with E-state index in [0.29, 0.717) is 37.0 Å². The maximum atomic E-state index is 12.5. The number of carbonyl (C=O) groups excluding carboxylic acids is 1. The molecule has 8 nitrogen and oxygen atoms in total. The van der Waals surface area contributed by atoms with Crippen LogP contribution in [0.4, 0.5) is 0 Å². The molecular weight excluding hydrogens is 468 g/mol. The van der Waals surface area contributed by atoms with Crippen molar-refractivity contribution < 1.29 is 14.3 Å². The second-order valence-electron chi connectivity index (χ2n) is 10.6. The van der Waals surface area contributed by atoms with Crippen LogP contribution in [0.15, 0.2) is 35.3 Å². The lowest BCUT2D eigenvalue weighted by atomic mass is 10.0. The van der Waals surface area contributed by atoms with E-state index in [1.807, 2.05) is 40.0 Å². The van der Waals surface area contributed by atoms with Gasteiger partial charge in [-0.15, -0.1) is 0 Å². The fourth-order valence-electron chi connectivity index (χ4n) is 4.88. The molecule has 1 aromatic carbocycles. The molecule has 3 heterocycles. The van der Waals surface area contributed by atoms with Gasteiger partial charge in [-0.3, -0.25) is 9.59 Å². The number of hydrogen-bond donors (Lipinski definition) is 1. The zero-order chi connectivity index (χ0) is 26.5. The minimum absolute atomic E-state index is 0.00199. The first kappa shape index (κ1) is 27.1. The standard InChI is InChI=1S/C29H40N4O4/c1-6-24(29(35)37-17-19(2)3)30-14-21-9-10-26-25(13-21)31-27(23-12-20(4)28(34)32(5)16-23)33(26)15-22-8-7-11-36-18-22/h9-10,12-13,16,19,22,24,30H,6-8,11,14-15,17-18H2,1-5H3/t22?,24-/m0/s1. The van der Waals surface area contributed by atoms with E-state index in [1.165, 1.54) is 0 Å². The average Bonchev–Trinajstić information content (AvgIpc) is 3.24. The second-order valence-corrected chi connectivity index (χ2v) is 10.6. The van der Waals surface area contributed by atoms with Gasteiger partial charge in [0.1, 0.15) is 11.9 Å². The van der Waals surface area contributed by atoms with Crippen LogP contribution in [0.3, 0.4) is 0 Å². The van der Waals surface area contributed by atoms with Crippen molar-refractivity contribution >= 4 is 17.0 Å². The maximum absolute atomic E-state index is 12.5. The van der Waals surface area contributed by atoms with Crippen LogP contribution in [0.1, 0.15) is 51.2 Å². The molecule has 2 aromatic heterocycles. The summed E-state index contributed by atoms with van der Waals surface area (Å²) in [5.74, 6) is 1.38. The molecule has 1 N–H and O–H groups in total. The van der Waals surface area contributed by atoms with Crippen molar-refractivity contribution in [2.24, 2.45) is 18.9 Å². The number of aryl methyl sites for hydroxylation is 2. The number of esters is 1. The fourth-order valence-corrected chi connectivity index (χ4v) is 4.88. The lowest BCUT2D eigenvalue weighted by Gasteiger charge is -2.23. The molecule has 1 fully saturated rings. The number of carbonyl (C=O) groups is 1. The first-order chi connectivity index (χ1) is 17.8. The number of hydrogen-bond acceptors (Lipinski definition) is 6. The van der Waals surface area contributed by atoms with Gasteiger partial charge in [0, 0.05) is 50.0 Å². The van der Waals surface area contributed by atoms with Crippen LogP contribution in [0, 0.1) is 18.8 Å². The van der Waals surface area contributed by atoms with Crippen LogP contribution in [-0.4, -0.2) is 45.9 Å². The van der Waals surface area contributed by atoms with Gasteiger partial charge in [0.25, 0.3) is 5.56 Å². The van der Waals surface area contributed by atoms with Crippen molar-refractivity contribution in [1.82, 2.24) is 19.4 Å². The topological polar surface area (TPSA) is 87.4 Å². The Hall–Kier alpha value is -2.97. The van der Waals surface area contributed by atoms with Crippen molar-refractivity contribution in [3.05, 3.63) is 51.9 Å². The van der Waals surface area contributed by atoms with Crippen molar-refractivity contribution in [2.45, 2.75) is 66.1 Å². The number of rotatable bonds is 10. The molecule has 8 heteroatoms. The molecule has 1 aliphatic rings. The van der Waals surface area contributed by atoms with E-state index < -0.39 is 0 Å². The summed E-state index contributed by atoms with van der Waals surface area (Å²) < 4.78 is 15.1. The van der Waals surface area contributed by atoms with Gasteiger partial charge in [-0.2, -0.15) is 0 Å². The second kappa shape index (κ2) is 12.0. The first-order valence-electron chi connectivity index (χ1n) is 13.4. The number of pyridine rings is 1. The highest BCUT2D eigenvalue weighted by atomic mass is 16.5. The van der Waals surface area contributed by atoms with E-state index in [9.17, 15) is 9.59 Å². The molecule has 3 aromatic rings. The molecule has 0 spiro atoms. The highest BCUT2D eigenvalue weighted by Crippen LogP contribution is 2.28. The minimum atomic E-state index is -0.345. The monoisotopic (exact) mass is 508 g/mol. The Morgan fingerprint density at radius 2 is 2.11 bits per heavy atom. The number of fused-ring (bicyclic) bond motifs is 1. The zero-order valence-electron chi connectivity index (χ0n) is 22.8. The van der Waals surface area contributed by atoms with Crippen LogP contribution in [0.25, 0.3) is 22.4 Å². The van der Waals surface area contributed by atoms with Crippen molar-refractivity contribution in [3.8, 4) is 11.4 Å². The first-order valence-corrected chi connectivity index (χ1v) is 13.4. The van der Waals surface area contributed by atoms with E-state index in [2.05, 4.69) is 28.1 Å². The predicted molar refractivity (Wildman–Crippen MR) is 145 cm³/mol. The minimum Gasteiger partial charge on any atom is -0.464 e. The van der Waals surface area contributed by atoms with E-state index in [4.69, 9.17) is 14.5 Å². The lowest BCUT2D eigenvalue weighted by molar-refractivity contribution is -0.147. The SMILES string of the molecule is CC[C@H](NCc1ccc2c(c1)nc(-c1cc(C)c(=O)n(C)c1)n2CC1CCCOC1)C(=O)OCC(C)C. The van der Waals surface area contributed by atoms with E-state index >= 15 is 0 Å². The Balaban J connectivity index is 1.63. The molecule has 1 aliphatic heterocycles. The Morgan fingerprint density at radius 3 is 2.78 bits per heavy atom. The van der Waals surface area contributed by atoms with Crippen LogP contribution < -0.4 is 10.9 Å². The number of benzene rings is 1. The van der Waals surface area contributed by atoms with Gasteiger partial charge in [0.05, 0.1) is 24.2 Å².